The van der Waals surface area contributed by atoms with Crippen molar-refractivity contribution in [3.05, 3.63) is 45.2 Å². The third kappa shape index (κ3) is 4.75. The number of nitrogens with zero attached hydrogens (tertiary/aromatic N) is 4. The molecule has 0 spiro atoms. The van der Waals surface area contributed by atoms with E-state index in [9.17, 15) is 9.59 Å². The lowest BCUT2D eigenvalue weighted by Crippen LogP contribution is -2.38. The summed E-state index contributed by atoms with van der Waals surface area (Å²) in [6.07, 6.45) is 1.52. The first kappa shape index (κ1) is 25.5. The van der Waals surface area contributed by atoms with Crippen molar-refractivity contribution in [1.82, 2.24) is 19.7 Å². The van der Waals surface area contributed by atoms with Crippen molar-refractivity contribution in [2.75, 3.05) is 39.7 Å². The van der Waals surface area contributed by atoms with Crippen LogP contribution in [0, 0.1) is 13.8 Å². The SMILES string of the molecule is COc1ccc(C(=O)N2CCC(c3nc(C(=O)Nc4c(C)nn(C)c4C)cs3)CC2)c(OC)c1OC. The number of anilines is 1. The van der Waals surface area contributed by atoms with Crippen LogP contribution in [0.2, 0.25) is 0 Å². The fraction of sp³-hybridized carbons (Fsp3) is 0.440. The molecule has 1 aliphatic rings. The maximum Gasteiger partial charge on any atom is 0.275 e. The maximum atomic E-state index is 13.3. The van der Waals surface area contributed by atoms with Crippen LogP contribution in [0.5, 0.6) is 17.2 Å². The van der Waals surface area contributed by atoms with Gasteiger partial charge in [-0.25, -0.2) is 4.98 Å². The molecule has 1 aromatic carbocycles. The minimum absolute atomic E-state index is 0.118. The van der Waals surface area contributed by atoms with Gasteiger partial charge in [-0.05, 0) is 38.8 Å². The molecule has 1 N–H and O–H groups in total. The van der Waals surface area contributed by atoms with Gasteiger partial charge in [0.05, 0.1) is 49.0 Å². The number of benzene rings is 1. The van der Waals surface area contributed by atoms with Crippen LogP contribution in [0.1, 0.15) is 56.0 Å². The summed E-state index contributed by atoms with van der Waals surface area (Å²) < 4.78 is 18.0. The Labute approximate surface area is 214 Å². The molecule has 4 rings (SSSR count). The second-order valence-electron chi connectivity index (χ2n) is 8.64. The van der Waals surface area contributed by atoms with Gasteiger partial charge in [-0.15, -0.1) is 11.3 Å². The van der Waals surface area contributed by atoms with E-state index in [1.807, 2.05) is 25.8 Å². The third-order valence-corrected chi connectivity index (χ3v) is 7.58. The molecule has 2 aromatic heterocycles. The van der Waals surface area contributed by atoms with E-state index in [2.05, 4.69) is 15.4 Å². The monoisotopic (exact) mass is 513 g/mol. The first-order valence-corrected chi connectivity index (χ1v) is 12.5. The van der Waals surface area contributed by atoms with Gasteiger partial charge in [0.25, 0.3) is 11.8 Å². The summed E-state index contributed by atoms with van der Waals surface area (Å²) >= 11 is 1.48. The van der Waals surface area contributed by atoms with Crippen LogP contribution in [0.15, 0.2) is 17.5 Å². The van der Waals surface area contributed by atoms with Crippen molar-refractivity contribution >= 4 is 28.8 Å². The molecule has 0 unspecified atom stereocenters. The lowest BCUT2D eigenvalue weighted by molar-refractivity contribution is 0.0708. The Kier molecular flexibility index (Phi) is 7.48. The zero-order valence-electron chi connectivity index (χ0n) is 21.4. The Balaban J connectivity index is 1.41. The second-order valence-corrected chi connectivity index (χ2v) is 9.53. The van der Waals surface area contributed by atoms with E-state index in [-0.39, 0.29) is 17.7 Å². The van der Waals surface area contributed by atoms with E-state index in [0.717, 1.165) is 34.9 Å². The molecule has 0 radical (unpaired) electrons. The number of rotatable bonds is 7. The summed E-state index contributed by atoms with van der Waals surface area (Å²) in [5, 5.41) is 9.98. The summed E-state index contributed by atoms with van der Waals surface area (Å²) in [7, 11) is 6.41. The number of aromatic nitrogens is 3. The van der Waals surface area contributed by atoms with E-state index < -0.39 is 0 Å². The Morgan fingerprint density at radius 3 is 2.33 bits per heavy atom. The molecule has 36 heavy (non-hydrogen) atoms. The number of thiazole rings is 1. The van der Waals surface area contributed by atoms with Gasteiger partial charge in [0.15, 0.2) is 11.5 Å². The van der Waals surface area contributed by atoms with Crippen molar-refractivity contribution in [2.24, 2.45) is 7.05 Å². The first-order chi connectivity index (χ1) is 17.3. The summed E-state index contributed by atoms with van der Waals surface area (Å²) in [4.78, 5) is 32.5. The third-order valence-electron chi connectivity index (χ3n) is 6.57. The quantitative estimate of drug-likeness (QED) is 0.512. The van der Waals surface area contributed by atoms with Gasteiger partial charge in [0.2, 0.25) is 5.75 Å². The topological polar surface area (TPSA) is 108 Å². The van der Waals surface area contributed by atoms with Gasteiger partial charge in [-0.2, -0.15) is 5.10 Å². The molecule has 0 saturated carbocycles. The molecule has 0 bridgehead atoms. The highest BCUT2D eigenvalue weighted by molar-refractivity contribution is 7.10. The average Bonchev–Trinajstić information content (AvgIpc) is 3.48. The average molecular weight is 514 g/mol. The zero-order chi connectivity index (χ0) is 26.0. The van der Waals surface area contributed by atoms with E-state index >= 15 is 0 Å². The largest absolute Gasteiger partial charge is 0.493 e. The van der Waals surface area contributed by atoms with E-state index in [1.165, 1.54) is 32.7 Å². The van der Waals surface area contributed by atoms with Crippen molar-refractivity contribution in [3.8, 4) is 17.2 Å². The number of carbonyl (C=O) groups is 2. The molecule has 3 aromatic rings. The molecular formula is C25H31N5O5S. The zero-order valence-corrected chi connectivity index (χ0v) is 22.2. The summed E-state index contributed by atoms with van der Waals surface area (Å²) in [6, 6.07) is 3.41. The van der Waals surface area contributed by atoms with Crippen LogP contribution in [0.3, 0.4) is 0 Å². The first-order valence-electron chi connectivity index (χ1n) is 11.6. The maximum absolute atomic E-state index is 13.3. The molecule has 0 atom stereocenters. The number of nitrogens with one attached hydrogen (secondary N) is 1. The highest BCUT2D eigenvalue weighted by atomic mass is 32.1. The molecular weight excluding hydrogens is 482 g/mol. The van der Waals surface area contributed by atoms with Gasteiger partial charge in [0.1, 0.15) is 5.69 Å². The van der Waals surface area contributed by atoms with Gasteiger partial charge in [-0.1, -0.05) is 0 Å². The predicted molar refractivity (Wildman–Crippen MR) is 137 cm³/mol. The normalized spacial score (nSPS) is 14.0. The molecule has 1 aliphatic heterocycles. The van der Waals surface area contributed by atoms with Crippen molar-refractivity contribution in [1.29, 1.82) is 0 Å². The van der Waals surface area contributed by atoms with Crippen LogP contribution >= 0.6 is 11.3 Å². The lowest BCUT2D eigenvalue weighted by atomic mass is 9.97. The van der Waals surface area contributed by atoms with E-state index in [0.29, 0.717) is 41.6 Å². The van der Waals surface area contributed by atoms with Crippen molar-refractivity contribution in [2.45, 2.75) is 32.6 Å². The lowest BCUT2D eigenvalue weighted by Gasteiger charge is -2.31. The van der Waals surface area contributed by atoms with E-state index in [1.54, 1.807) is 22.2 Å². The van der Waals surface area contributed by atoms with Crippen LogP contribution in [-0.4, -0.2) is 65.9 Å². The minimum Gasteiger partial charge on any atom is -0.493 e. The summed E-state index contributed by atoms with van der Waals surface area (Å²) in [5.74, 6) is 1.08. The van der Waals surface area contributed by atoms with Crippen LogP contribution in [-0.2, 0) is 7.05 Å². The second kappa shape index (κ2) is 10.6. The van der Waals surface area contributed by atoms with Crippen molar-refractivity contribution in [3.63, 3.8) is 0 Å². The highest BCUT2D eigenvalue weighted by Gasteiger charge is 2.30. The number of hydrogen-bond acceptors (Lipinski definition) is 8. The molecule has 10 nitrogen and oxygen atoms in total. The number of ether oxygens (including phenoxy) is 3. The number of piperidine rings is 1. The van der Waals surface area contributed by atoms with E-state index in [4.69, 9.17) is 14.2 Å². The molecule has 0 aliphatic carbocycles. The smallest absolute Gasteiger partial charge is 0.275 e. The number of carbonyl (C=O) groups excluding carboxylic acids is 2. The van der Waals surface area contributed by atoms with Gasteiger partial charge >= 0.3 is 0 Å². The number of amides is 2. The number of likely N-dealkylation sites (tertiary alicyclic amines) is 1. The highest BCUT2D eigenvalue weighted by Crippen LogP contribution is 2.41. The Morgan fingerprint density at radius 2 is 1.75 bits per heavy atom. The molecule has 3 heterocycles. The summed E-state index contributed by atoms with van der Waals surface area (Å²) in [5.41, 5.74) is 3.20. The molecule has 1 saturated heterocycles. The Morgan fingerprint density at radius 1 is 1.06 bits per heavy atom. The van der Waals surface area contributed by atoms with Gasteiger partial charge in [-0.3, -0.25) is 14.3 Å². The number of hydrogen-bond donors (Lipinski definition) is 1. The van der Waals surface area contributed by atoms with Crippen molar-refractivity contribution < 1.29 is 23.8 Å². The number of aryl methyl sites for hydroxylation is 2. The van der Waals surface area contributed by atoms with Gasteiger partial charge < -0.3 is 24.4 Å². The molecule has 1 fully saturated rings. The molecule has 2 amide bonds. The Hall–Kier alpha value is -3.60. The fourth-order valence-electron chi connectivity index (χ4n) is 4.48. The minimum atomic E-state index is -0.245. The number of methoxy groups -OCH3 is 3. The van der Waals surface area contributed by atoms with Crippen LogP contribution < -0.4 is 19.5 Å². The fourth-order valence-corrected chi connectivity index (χ4v) is 5.45. The van der Waals surface area contributed by atoms with Crippen LogP contribution in [0.25, 0.3) is 0 Å². The van der Waals surface area contributed by atoms with Crippen LogP contribution in [0.4, 0.5) is 5.69 Å². The molecule has 11 heteroatoms. The predicted octanol–water partition coefficient (Wildman–Crippen LogP) is 3.79. The Bertz CT molecular complexity index is 1280. The summed E-state index contributed by atoms with van der Waals surface area (Å²) in [6.45, 7) is 4.93. The molecule has 192 valence electrons. The standard InChI is InChI=1S/C25H31N5O5S/c1-14-20(15(2)29(3)28-14)27-23(31)18-13-36-24(26-18)16-9-11-30(12-10-16)25(32)17-7-8-19(33-4)22(35-6)21(17)34-5/h7-8,13,16H,9-12H2,1-6H3,(H,27,31). The van der Waals surface area contributed by atoms with Gasteiger partial charge in [0, 0.05) is 31.4 Å².